The predicted octanol–water partition coefficient (Wildman–Crippen LogP) is 3.83. The highest BCUT2D eigenvalue weighted by molar-refractivity contribution is 6.04. The molecule has 0 bridgehead atoms. The Bertz CT molecular complexity index is 1090. The van der Waals surface area contributed by atoms with E-state index in [9.17, 15) is 14.0 Å². The summed E-state index contributed by atoms with van der Waals surface area (Å²) >= 11 is 0. The molecule has 2 amide bonds. The van der Waals surface area contributed by atoms with Gasteiger partial charge in [0, 0.05) is 23.7 Å². The quantitative estimate of drug-likeness (QED) is 0.734. The number of halogens is 1. The number of carbonyl (C=O) groups excluding carboxylic acids is 2. The van der Waals surface area contributed by atoms with Crippen molar-refractivity contribution < 1.29 is 14.0 Å². The summed E-state index contributed by atoms with van der Waals surface area (Å²) in [5.74, 6) is 0.170. The van der Waals surface area contributed by atoms with Gasteiger partial charge in [0.25, 0.3) is 5.91 Å². The van der Waals surface area contributed by atoms with Crippen molar-refractivity contribution in [3.63, 3.8) is 0 Å². The minimum absolute atomic E-state index is 0.0561. The molecule has 2 aromatic carbocycles. The van der Waals surface area contributed by atoms with Crippen molar-refractivity contribution in [3.05, 3.63) is 76.7 Å². The molecule has 6 nitrogen and oxygen atoms in total. The number of rotatable bonds is 4. The van der Waals surface area contributed by atoms with Crippen LogP contribution in [0.25, 0.3) is 0 Å². The van der Waals surface area contributed by atoms with Crippen molar-refractivity contribution in [2.24, 2.45) is 0 Å². The van der Waals surface area contributed by atoms with E-state index in [-0.39, 0.29) is 17.6 Å². The Morgan fingerprint density at radius 2 is 1.90 bits per heavy atom. The number of amides is 2. The molecule has 0 aliphatic carbocycles. The van der Waals surface area contributed by atoms with Gasteiger partial charge in [-0.3, -0.25) is 14.5 Å². The maximum absolute atomic E-state index is 13.7. The molecule has 148 valence electrons. The maximum Gasteiger partial charge on any atom is 0.255 e. The van der Waals surface area contributed by atoms with Gasteiger partial charge in [0.1, 0.15) is 11.6 Å². The summed E-state index contributed by atoms with van der Waals surface area (Å²) in [6.07, 6.45) is 0.418. The first kappa shape index (κ1) is 18.9. The number of nitrogens with zero attached hydrogens (tertiary/aromatic N) is 3. The van der Waals surface area contributed by atoms with Crippen molar-refractivity contribution >= 4 is 23.3 Å². The van der Waals surface area contributed by atoms with E-state index in [1.165, 1.54) is 6.07 Å². The van der Waals surface area contributed by atoms with Crippen LogP contribution in [0.2, 0.25) is 0 Å². The fourth-order valence-corrected chi connectivity index (χ4v) is 3.37. The number of aromatic nitrogens is 2. The second-order valence-electron chi connectivity index (χ2n) is 7.21. The average molecular weight is 392 g/mol. The summed E-state index contributed by atoms with van der Waals surface area (Å²) < 4.78 is 15.5. The van der Waals surface area contributed by atoms with Gasteiger partial charge in [-0.2, -0.15) is 5.10 Å². The van der Waals surface area contributed by atoms with Crippen LogP contribution in [0.4, 0.5) is 15.9 Å². The van der Waals surface area contributed by atoms with Crippen molar-refractivity contribution in [2.75, 3.05) is 10.2 Å². The van der Waals surface area contributed by atoms with Gasteiger partial charge in [-0.1, -0.05) is 18.2 Å². The van der Waals surface area contributed by atoms with Crippen LogP contribution in [0.3, 0.4) is 0 Å². The van der Waals surface area contributed by atoms with Crippen LogP contribution in [-0.4, -0.2) is 21.6 Å². The summed E-state index contributed by atoms with van der Waals surface area (Å²) in [5, 5.41) is 7.10. The van der Waals surface area contributed by atoms with Crippen molar-refractivity contribution in [1.29, 1.82) is 0 Å². The smallest absolute Gasteiger partial charge is 0.255 e. The maximum atomic E-state index is 13.7. The van der Waals surface area contributed by atoms with Gasteiger partial charge < -0.3 is 5.32 Å². The molecule has 3 aromatic rings. The Kier molecular flexibility index (Phi) is 4.88. The van der Waals surface area contributed by atoms with E-state index in [0.29, 0.717) is 36.3 Å². The third kappa shape index (κ3) is 3.89. The first-order valence-corrected chi connectivity index (χ1v) is 9.42. The van der Waals surface area contributed by atoms with Gasteiger partial charge >= 0.3 is 0 Å². The molecule has 0 fully saturated rings. The second kappa shape index (κ2) is 7.50. The average Bonchev–Trinajstić information content (AvgIpc) is 3.08. The molecule has 0 spiro atoms. The van der Waals surface area contributed by atoms with Crippen LogP contribution in [-0.2, 0) is 17.9 Å². The van der Waals surface area contributed by atoms with E-state index < -0.39 is 0 Å². The van der Waals surface area contributed by atoms with Gasteiger partial charge in [-0.25, -0.2) is 9.07 Å². The van der Waals surface area contributed by atoms with Gasteiger partial charge in [-0.15, -0.1) is 0 Å². The molecular weight excluding hydrogens is 371 g/mol. The van der Waals surface area contributed by atoms with Crippen LogP contribution >= 0.6 is 0 Å². The normalized spacial score (nSPS) is 13.3. The monoisotopic (exact) mass is 392 g/mol. The standard InChI is InChI=1S/C22H21FN4O2/c1-14-3-8-18(12-19(14)23)24-22(29)17-6-4-16(5-7-17)13-26-20-11-15(2)25-27(20)10-9-21(26)28/h3-8,11-12H,9-10,13H2,1-2H3,(H,24,29). The van der Waals surface area contributed by atoms with Crippen molar-refractivity contribution in [3.8, 4) is 0 Å². The number of anilines is 2. The third-order valence-corrected chi connectivity index (χ3v) is 4.98. The zero-order chi connectivity index (χ0) is 20.5. The van der Waals surface area contributed by atoms with Crippen LogP contribution in [0.1, 0.15) is 33.6 Å². The number of aryl methyl sites for hydroxylation is 3. The second-order valence-corrected chi connectivity index (χ2v) is 7.21. The Hall–Kier alpha value is -3.48. The van der Waals surface area contributed by atoms with E-state index in [1.807, 2.05) is 29.8 Å². The molecule has 0 saturated heterocycles. The van der Waals surface area contributed by atoms with E-state index in [4.69, 9.17) is 0 Å². The van der Waals surface area contributed by atoms with E-state index in [0.717, 1.165) is 17.1 Å². The molecule has 29 heavy (non-hydrogen) atoms. The van der Waals surface area contributed by atoms with Gasteiger partial charge in [0.05, 0.1) is 18.8 Å². The molecule has 1 aliphatic heterocycles. The van der Waals surface area contributed by atoms with Gasteiger partial charge in [0.15, 0.2) is 0 Å². The Balaban J connectivity index is 1.47. The molecule has 0 atom stereocenters. The zero-order valence-electron chi connectivity index (χ0n) is 16.3. The zero-order valence-corrected chi connectivity index (χ0v) is 16.3. The van der Waals surface area contributed by atoms with E-state index >= 15 is 0 Å². The molecule has 1 aromatic heterocycles. The summed E-state index contributed by atoms with van der Waals surface area (Å²) in [6, 6.07) is 13.5. The lowest BCUT2D eigenvalue weighted by molar-refractivity contribution is -0.119. The lowest BCUT2D eigenvalue weighted by Gasteiger charge is -2.27. The molecule has 0 unspecified atom stereocenters. The molecule has 4 rings (SSSR count). The number of hydrogen-bond donors (Lipinski definition) is 1. The molecule has 0 radical (unpaired) electrons. The van der Waals surface area contributed by atoms with Crippen LogP contribution in [0, 0.1) is 19.7 Å². The summed E-state index contributed by atoms with van der Waals surface area (Å²) in [4.78, 5) is 26.5. The molecular formula is C22H21FN4O2. The molecule has 2 heterocycles. The number of nitrogens with one attached hydrogen (secondary N) is 1. The molecule has 1 aliphatic rings. The predicted molar refractivity (Wildman–Crippen MR) is 108 cm³/mol. The third-order valence-electron chi connectivity index (χ3n) is 4.98. The van der Waals surface area contributed by atoms with Crippen molar-refractivity contribution in [2.45, 2.75) is 33.4 Å². The number of carbonyl (C=O) groups is 2. The lowest BCUT2D eigenvalue weighted by atomic mass is 10.1. The first-order chi connectivity index (χ1) is 13.9. The summed E-state index contributed by atoms with van der Waals surface area (Å²) in [7, 11) is 0. The minimum Gasteiger partial charge on any atom is -0.322 e. The largest absolute Gasteiger partial charge is 0.322 e. The molecule has 0 saturated carbocycles. The highest BCUT2D eigenvalue weighted by atomic mass is 19.1. The number of benzene rings is 2. The molecule has 1 N–H and O–H groups in total. The first-order valence-electron chi connectivity index (χ1n) is 9.42. The highest BCUT2D eigenvalue weighted by Crippen LogP contribution is 2.24. The van der Waals surface area contributed by atoms with Gasteiger partial charge in [-0.05, 0) is 49.2 Å². The fraction of sp³-hybridized carbons (Fsp3) is 0.227. The summed E-state index contributed by atoms with van der Waals surface area (Å²) in [5.41, 5.74) is 3.17. The summed E-state index contributed by atoms with van der Waals surface area (Å²) in [6.45, 7) is 4.58. The van der Waals surface area contributed by atoms with E-state index in [1.54, 1.807) is 36.1 Å². The lowest BCUT2D eigenvalue weighted by Crippen LogP contribution is -2.36. The topological polar surface area (TPSA) is 67.2 Å². The Labute approximate surface area is 167 Å². The van der Waals surface area contributed by atoms with Gasteiger partial charge in [0.2, 0.25) is 5.91 Å². The minimum atomic E-state index is -0.362. The van der Waals surface area contributed by atoms with Crippen LogP contribution < -0.4 is 10.2 Å². The number of fused-ring (bicyclic) bond motifs is 1. The van der Waals surface area contributed by atoms with Crippen LogP contribution in [0.5, 0.6) is 0 Å². The van der Waals surface area contributed by atoms with Crippen LogP contribution in [0.15, 0.2) is 48.5 Å². The Morgan fingerprint density at radius 3 is 2.62 bits per heavy atom. The van der Waals surface area contributed by atoms with E-state index in [2.05, 4.69) is 10.4 Å². The fourth-order valence-electron chi connectivity index (χ4n) is 3.37. The van der Waals surface area contributed by atoms with Crippen molar-refractivity contribution in [1.82, 2.24) is 9.78 Å². The highest BCUT2D eigenvalue weighted by Gasteiger charge is 2.25. The molecule has 7 heteroatoms. The number of hydrogen-bond acceptors (Lipinski definition) is 3. The Morgan fingerprint density at radius 1 is 1.14 bits per heavy atom. The SMILES string of the molecule is Cc1cc2n(n1)CCC(=O)N2Cc1ccc(C(=O)Nc2ccc(C)c(F)c2)cc1.